The molecule has 9 heteroatoms. The molecule has 0 radical (unpaired) electrons. The summed E-state index contributed by atoms with van der Waals surface area (Å²) in [6.07, 6.45) is 0. The Morgan fingerprint density at radius 1 is 1.12 bits per heavy atom. The Labute approximate surface area is 148 Å². The second-order valence-electron chi connectivity index (χ2n) is 5.49. The maximum Gasteiger partial charge on any atom is 0.353 e. The van der Waals surface area contributed by atoms with Gasteiger partial charge in [0.1, 0.15) is 5.82 Å². The van der Waals surface area contributed by atoms with Crippen molar-refractivity contribution in [2.45, 2.75) is 6.92 Å². The topological polar surface area (TPSA) is 119 Å². The van der Waals surface area contributed by atoms with Gasteiger partial charge in [0.25, 0.3) is 0 Å². The summed E-state index contributed by atoms with van der Waals surface area (Å²) >= 11 is 0. The fraction of sp³-hybridized carbons (Fsp3) is 0.0588. The molecule has 2 aromatic carbocycles. The molecule has 0 aliphatic heterocycles. The number of hydrogen-bond acceptors (Lipinski definition) is 7. The quantitative estimate of drug-likeness (QED) is 0.469. The van der Waals surface area contributed by atoms with E-state index in [-0.39, 0.29) is 23.3 Å². The Morgan fingerprint density at radius 2 is 1.88 bits per heavy atom. The van der Waals surface area contributed by atoms with Gasteiger partial charge in [-0.25, -0.2) is 4.39 Å². The van der Waals surface area contributed by atoms with E-state index in [0.717, 1.165) is 5.56 Å². The third-order valence-electron chi connectivity index (χ3n) is 3.49. The van der Waals surface area contributed by atoms with Crippen LogP contribution in [0.5, 0.6) is 0 Å². The second kappa shape index (κ2) is 7.01. The van der Waals surface area contributed by atoms with E-state index in [2.05, 4.69) is 20.6 Å². The van der Waals surface area contributed by atoms with E-state index >= 15 is 0 Å². The highest BCUT2D eigenvalue weighted by Crippen LogP contribution is 2.32. The first-order valence-electron chi connectivity index (χ1n) is 7.61. The van der Waals surface area contributed by atoms with Crippen molar-refractivity contribution in [1.29, 1.82) is 0 Å². The van der Waals surface area contributed by atoms with Gasteiger partial charge in [-0.2, -0.15) is 9.97 Å². The van der Waals surface area contributed by atoms with Crippen LogP contribution < -0.4 is 16.4 Å². The van der Waals surface area contributed by atoms with Gasteiger partial charge in [-0.1, -0.05) is 24.3 Å². The van der Waals surface area contributed by atoms with Gasteiger partial charge in [0.05, 0.1) is 10.6 Å². The van der Waals surface area contributed by atoms with Crippen LogP contribution in [0.4, 0.5) is 39.0 Å². The van der Waals surface area contributed by atoms with Crippen LogP contribution in [0.2, 0.25) is 0 Å². The highest BCUT2D eigenvalue weighted by atomic mass is 19.1. The summed E-state index contributed by atoms with van der Waals surface area (Å²) in [5.74, 6) is -1.000. The maximum atomic E-state index is 13.8. The Hall–Kier alpha value is -3.75. The average molecular weight is 354 g/mol. The van der Waals surface area contributed by atoms with Crippen molar-refractivity contribution in [2.24, 2.45) is 0 Å². The number of aryl methyl sites for hydroxylation is 1. The van der Waals surface area contributed by atoms with Gasteiger partial charge in [0.2, 0.25) is 17.6 Å². The molecule has 4 N–H and O–H groups in total. The minimum absolute atomic E-state index is 0.0617. The van der Waals surface area contributed by atoms with Crippen LogP contribution in [0.3, 0.4) is 0 Å². The molecule has 0 saturated carbocycles. The lowest BCUT2D eigenvalue weighted by molar-refractivity contribution is -0.383. The van der Waals surface area contributed by atoms with Gasteiger partial charge < -0.3 is 16.4 Å². The monoisotopic (exact) mass is 354 g/mol. The Balaban J connectivity index is 2.02. The van der Waals surface area contributed by atoms with E-state index in [0.29, 0.717) is 5.69 Å². The fourth-order valence-corrected chi connectivity index (χ4v) is 2.34. The Bertz CT molecular complexity index is 979. The smallest absolute Gasteiger partial charge is 0.353 e. The summed E-state index contributed by atoms with van der Waals surface area (Å²) in [5.41, 5.74) is 6.97. The van der Waals surface area contributed by atoms with Crippen molar-refractivity contribution >= 4 is 34.6 Å². The van der Waals surface area contributed by atoms with Crippen LogP contribution in [0.15, 0.2) is 48.5 Å². The summed E-state index contributed by atoms with van der Waals surface area (Å²) in [4.78, 5) is 18.6. The minimum Gasteiger partial charge on any atom is -0.378 e. The predicted octanol–water partition coefficient (Wildman–Crippen LogP) is 3.90. The molecule has 8 nitrogen and oxygen atoms in total. The molecular weight excluding hydrogens is 339 g/mol. The van der Waals surface area contributed by atoms with Crippen molar-refractivity contribution in [3.63, 3.8) is 0 Å². The maximum absolute atomic E-state index is 13.8. The number of nitrogens with zero attached hydrogens (tertiary/aromatic N) is 3. The minimum atomic E-state index is -0.666. The van der Waals surface area contributed by atoms with E-state index in [1.54, 1.807) is 24.3 Å². The number of hydrogen-bond donors (Lipinski definition) is 3. The molecule has 1 heterocycles. The van der Waals surface area contributed by atoms with E-state index in [9.17, 15) is 14.5 Å². The van der Waals surface area contributed by atoms with Gasteiger partial charge in [-0.05, 0) is 36.8 Å². The first kappa shape index (κ1) is 17.1. The third-order valence-corrected chi connectivity index (χ3v) is 3.49. The van der Waals surface area contributed by atoms with Crippen molar-refractivity contribution < 1.29 is 9.31 Å². The fourth-order valence-electron chi connectivity index (χ4n) is 2.34. The largest absolute Gasteiger partial charge is 0.378 e. The number of nitro groups is 1. The van der Waals surface area contributed by atoms with Crippen LogP contribution in [0, 0.1) is 22.9 Å². The lowest BCUT2D eigenvalue weighted by Gasteiger charge is -2.11. The number of nitrogen functional groups attached to an aromatic ring is 1. The molecule has 0 aliphatic rings. The Morgan fingerprint density at radius 3 is 2.58 bits per heavy atom. The molecule has 26 heavy (non-hydrogen) atoms. The molecular formula is C17H15FN6O2. The summed E-state index contributed by atoms with van der Waals surface area (Å²) in [5, 5.41) is 16.9. The molecule has 0 spiro atoms. The zero-order valence-corrected chi connectivity index (χ0v) is 13.7. The van der Waals surface area contributed by atoms with Crippen LogP contribution in [0.25, 0.3) is 0 Å². The molecule has 0 bridgehead atoms. The zero-order valence-electron chi connectivity index (χ0n) is 13.7. The number of para-hydroxylation sites is 1. The molecule has 0 saturated heterocycles. The predicted molar refractivity (Wildman–Crippen MR) is 97.2 cm³/mol. The molecule has 0 fully saturated rings. The SMILES string of the molecule is Cc1cccc(Nc2nc(Nc3ccccc3F)nc(N)c2[N+](=O)[O-])c1. The third kappa shape index (κ3) is 3.66. The first-order valence-corrected chi connectivity index (χ1v) is 7.61. The number of nitrogens with two attached hydrogens (primary N) is 1. The van der Waals surface area contributed by atoms with Crippen LogP contribution >= 0.6 is 0 Å². The standard InChI is InChI=1S/C17H15FN6O2/c1-10-5-4-6-11(9-10)20-16-14(24(25)26)15(19)22-17(23-16)21-13-8-3-2-7-12(13)18/h2-9H,1H3,(H4,19,20,21,22,23). The van der Waals surface area contributed by atoms with E-state index in [4.69, 9.17) is 5.73 Å². The highest BCUT2D eigenvalue weighted by molar-refractivity contribution is 5.75. The van der Waals surface area contributed by atoms with Crippen LogP contribution in [-0.4, -0.2) is 14.9 Å². The lowest BCUT2D eigenvalue weighted by Crippen LogP contribution is -2.09. The van der Waals surface area contributed by atoms with Crippen molar-refractivity contribution in [3.05, 3.63) is 70.0 Å². The molecule has 3 rings (SSSR count). The Kier molecular flexibility index (Phi) is 4.61. The normalized spacial score (nSPS) is 10.4. The van der Waals surface area contributed by atoms with Gasteiger partial charge in [-0.15, -0.1) is 0 Å². The summed E-state index contributed by atoms with van der Waals surface area (Å²) in [6.45, 7) is 1.89. The van der Waals surface area contributed by atoms with Crippen LogP contribution in [-0.2, 0) is 0 Å². The van der Waals surface area contributed by atoms with E-state index in [1.165, 1.54) is 18.2 Å². The lowest BCUT2D eigenvalue weighted by atomic mass is 10.2. The van der Waals surface area contributed by atoms with Crippen molar-refractivity contribution in [1.82, 2.24) is 9.97 Å². The molecule has 132 valence electrons. The van der Waals surface area contributed by atoms with Gasteiger partial charge in [0, 0.05) is 5.69 Å². The number of nitrogens with one attached hydrogen (secondary N) is 2. The van der Waals surface area contributed by atoms with E-state index < -0.39 is 16.4 Å². The van der Waals surface area contributed by atoms with E-state index in [1.807, 2.05) is 13.0 Å². The van der Waals surface area contributed by atoms with Gasteiger partial charge in [0.15, 0.2) is 0 Å². The number of benzene rings is 2. The number of rotatable bonds is 5. The molecule has 0 aliphatic carbocycles. The number of halogens is 1. The first-order chi connectivity index (χ1) is 12.4. The average Bonchev–Trinajstić information content (AvgIpc) is 2.56. The summed E-state index contributed by atoms with van der Waals surface area (Å²) < 4.78 is 13.8. The number of anilines is 5. The van der Waals surface area contributed by atoms with Gasteiger partial charge in [-0.3, -0.25) is 10.1 Å². The van der Waals surface area contributed by atoms with Crippen molar-refractivity contribution in [2.75, 3.05) is 16.4 Å². The number of aromatic nitrogens is 2. The molecule has 0 atom stereocenters. The molecule has 0 unspecified atom stereocenters. The molecule has 3 aromatic rings. The summed E-state index contributed by atoms with van der Waals surface area (Å²) in [7, 11) is 0. The molecule has 1 aromatic heterocycles. The van der Waals surface area contributed by atoms with Crippen molar-refractivity contribution in [3.8, 4) is 0 Å². The van der Waals surface area contributed by atoms with Gasteiger partial charge >= 0.3 is 5.69 Å². The summed E-state index contributed by atoms with van der Waals surface area (Å²) in [6, 6.07) is 13.1. The molecule has 0 amide bonds. The second-order valence-corrected chi connectivity index (χ2v) is 5.49. The highest BCUT2D eigenvalue weighted by Gasteiger charge is 2.23. The van der Waals surface area contributed by atoms with Crippen LogP contribution in [0.1, 0.15) is 5.56 Å². The zero-order chi connectivity index (χ0) is 18.7.